The molecule has 0 bridgehead atoms. The molecule has 1 heterocycles. The van der Waals surface area contributed by atoms with E-state index in [0.29, 0.717) is 24.3 Å². The Bertz CT molecular complexity index is 1130. The number of nitrogens with one attached hydrogen (secondary N) is 1. The number of amides is 1. The monoisotopic (exact) mass is 644 g/mol. The fourth-order valence-electron chi connectivity index (χ4n) is 4.75. The molecule has 0 fully saturated rings. The third kappa shape index (κ3) is 18.9. The number of nitrogens with zero attached hydrogens (tertiary/aromatic N) is 1. The Hall–Kier alpha value is -2.62. The number of benzene rings is 1. The SMILES string of the molecule is CCCCCCCCCCCCCC(=O)NC(CCP(=O)(O)O)Cc1ccc(OCc2cc(OCC(F)(F)F)ccn2)cc1. The van der Waals surface area contributed by atoms with Crippen molar-refractivity contribution in [1.29, 1.82) is 0 Å². The first kappa shape index (κ1) is 37.6. The molecule has 2 rings (SSSR count). The van der Waals surface area contributed by atoms with Crippen molar-refractivity contribution >= 4 is 13.5 Å². The number of rotatable bonds is 23. The second kappa shape index (κ2) is 20.4. The minimum absolute atomic E-state index is 0.0164. The van der Waals surface area contributed by atoms with Crippen molar-refractivity contribution in [3.63, 3.8) is 0 Å². The zero-order chi connectivity index (χ0) is 32.3. The van der Waals surface area contributed by atoms with Gasteiger partial charge in [0, 0.05) is 24.7 Å². The second-order valence-corrected chi connectivity index (χ2v) is 13.0. The topological polar surface area (TPSA) is 118 Å². The fourth-order valence-corrected chi connectivity index (χ4v) is 5.40. The predicted molar refractivity (Wildman–Crippen MR) is 165 cm³/mol. The third-order valence-corrected chi connectivity index (χ3v) is 7.96. The minimum Gasteiger partial charge on any atom is -0.487 e. The van der Waals surface area contributed by atoms with E-state index in [9.17, 15) is 32.3 Å². The molecule has 8 nitrogen and oxygen atoms in total. The molecule has 0 saturated carbocycles. The highest BCUT2D eigenvalue weighted by Crippen LogP contribution is 2.35. The summed E-state index contributed by atoms with van der Waals surface area (Å²) in [6.45, 7) is 0.841. The standard InChI is InChI=1S/C32H48F3N2O6P/c1-2-3-4-5-6-7-8-9-10-11-12-13-31(38)37-27(19-21-44(39,40)41)22-26-14-16-29(17-15-26)42-24-28-23-30(18-20-36-28)43-25-32(33,34)35/h14-18,20,23,27H,2-13,19,21-22,24-25H2,1H3,(H,37,38)(H2,39,40,41). The normalized spacial score (nSPS) is 12.6. The smallest absolute Gasteiger partial charge is 0.422 e. The number of hydrogen-bond acceptors (Lipinski definition) is 5. The van der Waals surface area contributed by atoms with Crippen molar-refractivity contribution in [2.24, 2.45) is 0 Å². The van der Waals surface area contributed by atoms with Gasteiger partial charge in [-0.15, -0.1) is 0 Å². The summed E-state index contributed by atoms with van der Waals surface area (Å²) in [6.07, 6.45) is 10.6. The summed E-state index contributed by atoms with van der Waals surface area (Å²) in [5.41, 5.74) is 1.25. The number of aromatic nitrogens is 1. The third-order valence-electron chi connectivity index (χ3n) is 7.12. The van der Waals surface area contributed by atoms with Gasteiger partial charge in [0.05, 0.1) is 11.9 Å². The number of unbranched alkanes of at least 4 members (excludes halogenated alkanes) is 10. The summed E-state index contributed by atoms with van der Waals surface area (Å²) in [6, 6.07) is 9.31. The fraction of sp³-hybridized carbons (Fsp3) is 0.625. The van der Waals surface area contributed by atoms with E-state index in [4.69, 9.17) is 9.47 Å². The first-order valence-electron chi connectivity index (χ1n) is 15.6. The molecule has 0 saturated heterocycles. The summed E-state index contributed by atoms with van der Waals surface area (Å²) in [5.74, 6) is 0.424. The van der Waals surface area contributed by atoms with Crippen LogP contribution in [0.25, 0.3) is 0 Å². The van der Waals surface area contributed by atoms with Crippen molar-refractivity contribution in [3.05, 3.63) is 53.9 Å². The first-order valence-corrected chi connectivity index (χ1v) is 17.4. The van der Waals surface area contributed by atoms with Crippen LogP contribution in [0.3, 0.4) is 0 Å². The molecule has 1 aromatic carbocycles. The molecule has 248 valence electrons. The molecule has 12 heteroatoms. The van der Waals surface area contributed by atoms with Crippen LogP contribution in [-0.2, 0) is 22.4 Å². The molecule has 3 N–H and O–H groups in total. The maximum absolute atomic E-state index is 12.6. The lowest BCUT2D eigenvalue weighted by Gasteiger charge is -2.20. The van der Waals surface area contributed by atoms with Gasteiger partial charge >= 0.3 is 13.8 Å². The second-order valence-electron chi connectivity index (χ2n) is 11.3. The maximum Gasteiger partial charge on any atom is 0.422 e. The molecule has 0 aliphatic heterocycles. The lowest BCUT2D eigenvalue weighted by Crippen LogP contribution is -2.37. The van der Waals surface area contributed by atoms with E-state index in [0.717, 1.165) is 24.8 Å². The van der Waals surface area contributed by atoms with E-state index in [1.807, 2.05) is 0 Å². The number of alkyl halides is 3. The number of pyridine rings is 1. The molecule has 0 aliphatic carbocycles. The van der Waals surface area contributed by atoms with Gasteiger partial charge in [0.2, 0.25) is 5.91 Å². The zero-order valence-corrected chi connectivity index (χ0v) is 26.6. The van der Waals surface area contributed by atoms with Gasteiger partial charge in [0.1, 0.15) is 18.1 Å². The van der Waals surface area contributed by atoms with E-state index in [1.54, 1.807) is 24.3 Å². The van der Waals surface area contributed by atoms with Gasteiger partial charge < -0.3 is 24.6 Å². The average molecular weight is 645 g/mol. The van der Waals surface area contributed by atoms with Gasteiger partial charge in [-0.1, -0.05) is 83.3 Å². The predicted octanol–water partition coefficient (Wildman–Crippen LogP) is 7.90. The van der Waals surface area contributed by atoms with Gasteiger partial charge in [-0.2, -0.15) is 13.2 Å². The van der Waals surface area contributed by atoms with Gasteiger partial charge in [-0.05, 0) is 43.0 Å². The Morgan fingerprint density at radius 1 is 0.909 bits per heavy atom. The average Bonchev–Trinajstić information content (AvgIpc) is 2.97. The van der Waals surface area contributed by atoms with Crippen molar-refractivity contribution in [2.45, 2.75) is 116 Å². The van der Waals surface area contributed by atoms with Gasteiger partial charge in [-0.25, -0.2) is 0 Å². The zero-order valence-electron chi connectivity index (χ0n) is 25.7. The van der Waals surface area contributed by atoms with Crippen molar-refractivity contribution in [1.82, 2.24) is 10.3 Å². The maximum atomic E-state index is 12.6. The number of carbonyl (C=O) groups excluding carboxylic acids is 1. The highest BCUT2D eigenvalue weighted by atomic mass is 31.2. The van der Waals surface area contributed by atoms with Crippen LogP contribution in [0.5, 0.6) is 11.5 Å². The van der Waals surface area contributed by atoms with Crippen LogP contribution in [0, 0.1) is 0 Å². The van der Waals surface area contributed by atoms with Crippen LogP contribution in [-0.4, -0.2) is 45.7 Å². The van der Waals surface area contributed by atoms with Gasteiger partial charge in [0.25, 0.3) is 0 Å². The Morgan fingerprint density at radius 3 is 2.11 bits per heavy atom. The number of halogens is 3. The van der Waals surface area contributed by atoms with E-state index in [2.05, 4.69) is 17.2 Å². The van der Waals surface area contributed by atoms with Crippen LogP contribution in [0.2, 0.25) is 0 Å². The molecular formula is C32H48F3N2O6P. The largest absolute Gasteiger partial charge is 0.487 e. The Labute approximate surface area is 259 Å². The number of ether oxygens (including phenoxy) is 2. The summed E-state index contributed by atoms with van der Waals surface area (Å²) in [7, 11) is -4.22. The van der Waals surface area contributed by atoms with E-state index >= 15 is 0 Å². The molecule has 1 aromatic heterocycles. The van der Waals surface area contributed by atoms with Crippen LogP contribution < -0.4 is 14.8 Å². The van der Waals surface area contributed by atoms with Gasteiger partial charge in [0.15, 0.2) is 6.61 Å². The number of carbonyl (C=O) groups is 1. The van der Waals surface area contributed by atoms with Crippen molar-refractivity contribution in [2.75, 3.05) is 12.8 Å². The Balaban J connectivity index is 1.77. The van der Waals surface area contributed by atoms with Crippen LogP contribution in [0.1, 0.15) is 102 Å². The molecule has 0 spiro atoms. The van der Waals surface area contributed by atoms with E-state index < -0.39 is 26.4 Å². The highest BCUT2D eigenvalue weighted by molar-refractivity contribution is 7.51. The van der Waals surface area contributed by atoms with Crippen LogP contribution >= 0.6 is 7.60 Å². The molecule has 1 amide bonds. The highest BCUT2D eigenvalue weighted by Gasteiger charge is 2.28. The lowest BCUT2D eigenvalue weighted by atomic mass is 10.0. The molecular weight excluding hydrogens is 596 g/mol. The van der Waals surface area contributed by atoms with Crippen LogP contribution in [0.15, 0.2) is 42.6 Å². The molecule has 2 aromatic rings. The summed E-state index contributed by atoms with van der Waals surface area (Å²) < 4.78 is 59.1. The van der Waals surface area contributed by atoms with E-state index in [1.165, 1.54) is 69.7 Å². The summed E-state index contributed by atoms with van der Waals surface area (Å²) in [5, 5.41) is 2.96. The molecule has 0 aliphatic rings. The van der Waals surface area contributed by atoms with Crippen molar-refractivity contribution in [3.8, 4) is 11.5 Å². The van der Waals surface area contributed by atoms with Crippen LogP contribution in [0.4, 0.5) is 13.2 Å². The molecule has 44 heavy (non-hydrogen) atoms. The Morgan fingerprint density at radius 2 is 1.52 bits per heavy atom. The minimum atomic E-state index is -4.44. The van der Waals surface area contributed by atoms with Gasteiger partial charge in [-0.3, -0.25) is 14.3 Å². The quantitative estimate of drug-likeness (QED) is 0.0832. The molecule has 1 atom stereocenters. The van der Waals surface area contributed by atoms with E-state index in [-0.39, 0.29) is 30.8 Å². The number of hydrogen-bond donors (Lipinski definition) is 3. The van der Waals surface area contributed by atoms with Crippen molar-refractivity contribution < 1.29 is 41.8 Å². The Kier molecular flexibility index (Phi) is 17.4. The first-order chi connectivity index (χ1) is 20.9. The molecule has 1 unspecified atom stereocenters. The summed E-state index contributed by atoms with van der Waals surface area (Å²) in [4.78, 5) is 35.5. The summed E-state index contributed by atoms with van der Waals surface area (Å²) >= 11 is 0. The lowest BCUT2D eigenvalue weighted by molar-refractivity contribution is -0.153. The molecule has 0 radical (unpaired) electrons.